The van der Waals surface area contributed by atoms with Gasteiger partial charge in [0, 0.05) is 23.6 Å². The SMILES string of the molecule is CCCCCCCCCCCC(=O)Oc1ccc(-c2nc(-c3ccc4c(c3)CCCC4)nc(-c3ccc4c(c3)CCCC4)n2)c(O)c1. The number of hydrogen-bond acceptors (Lipinski definition) is 6. The first kappa shape index (κ1) is 32.9. The maximum absolute atomic E-state index is 12.6. The Morgan fingerprint density at radius 1 is 0.617 bits per heavy atom. The van der Waals surface area contributed by atoms with E-state index in [1.54, 1.807) is 12.1 Å². The number of ether oxygens (including phenoxy) is 1. The van der Waals surface area contributed by atoms with E-state index in [-0.39, 0.29) is 11.7 Å². The first-order valence-electron chi connectivity index (χ1n) is 18.1. The molecule has 0 bridgehead atoms. The maximum atomic E-state index is 12.6. The van der Waals surface area contributed by atoms with Crippen LogP contribution in [0.3, 0.4) is 0 Å². The van der Waals surface area contributed by atoms with Gasteiger partial charge in [-0.15, -0.1) is 0 Å². The first-order chi connectivity index (χ1) is 23.1. The van der Waals surface area contributed by atoms with Crippen molar-refractivity contribution < 1.29 is 14.6 Å². The third-order valence-electron chi connectivity index (χ3n) is 9.78. The summed E-state index contributed by atoms with van der Waals surface area (Å²) in [6.45, 7) is 2.24. The summed E-state index contributed by atoms with van der Waals surface area (Å²) in [7, 11) is 0. The molecular weight excluding hydrogens is 582 g/mol. The van der Waals surface area contributed by atoms with Crippen molar-refractivity contribution >= 4 is 5.97 Å². The summed E-state index contributed by atoms with van der Waals surface area (Å²) in [5.41, 5.74) is 7.93. The van der Waals surface area contributed by atoms with Gasteiger partial charge in [-0.05, 0) is 104 Å². The molecule has 0 unspecified atom stereocenters. The van der Waals surface area contributed by atoms with Gasteiger partial charge in [0.05, 0.1) is 5.56 Å². The van der Waals surface area contributed by atoms with Crippen LogP contribution in [0.25, 0.3) is 34.2 Å². The summed E-state index contributed by atoms with van der Waals surface area (Å²) >= 11 is 0. The Morgan fingerprint density at radius 3 is 1.68 bits per heavy atom. The summed E-state index contributed by atoms with van der Waals surface area (Å²) in [4.78, 5) is 27.3. The fourth-order valence-electron chi connectivity index (χ4n) is 7.03. The lowest BCUT2D eigenvalue weighted by Gasteiger charge is -2.18. The highest BCUT2D eigenvalue weighted by atomic mass is 16.5. The summed E-state index contributed by atoms with van der Waals surface area (Å²) in [5, 5.41) is 11.2. The molecule has 2 aliphatic carbocycles. The van der Waals surface area contributed by atoms with Crippen molar-refractivity contribution in [3.05, 3.63) is 76.9 Å². The van der Waals surface area contributed by atoms with Crippen LogP contribution in [0.5, 0.6) is 11.5 Å². The maximum Gasteiger partial charge on any atom is 0.311 e. The van der Waals surface area contributed by atoms with Gasteiger partial charge < -0.3 is 9.84 Å². The highest BCUT2D eigenvalue weighted by Gasteiger charge is 2.19. The number of aryl methyl sites for hydroxylation is 4. The molecule has 6 heteroatoms. The molecule has 6 rings (SSSR count). The summed E-state index contributed by atoms with van der Waals surface area (Å²) in [6, 6.07) is 18.0. The van der Waals surface area contributed by atoms with Crippen LogP contribution in [0.2, 0.25) is 0 Å². The highest BCUT2D eigenvalue weighted by Crippen LogP contribution is 2.34. The third kappa shape index (κ3) is 8.65. The number of phenolic OH excluding ortho intramolecular Hbond substituents is 1. The standard InChI is InChI=1S/C41H49N3O3/c1-2-3-4-5-6-7-8-9-10-19-38(46)47-35-24-25-36(37(45)28-35)41-43-39(33-22-20-29-15-11-13-17-31(29)26-33)42-40(44-41)34-23-21-30-16-12-14-18-32(30)27-34/h20-28,45H,2-19H2,1H3. The summed E-state index contributed by atoms with van der Waals surface area (Å²) < 4.78 is 5.60. The number of carbonyl (C=O) groups is 1. The Kier molecular flexibility index (Phi) is 11.3. The topological polar surface area (TPSA) is 85.2 Å². The van der Waals surface area contributed by atoms with E-state index in [2.05, 4.69) is 43.3 Å². The van der Waals surface area contributed by atoms with Crippen LogP contribution in [-0.4, -0.2) is 26.0 Å². The molecule has 0 radical (unpaired) electrons. The van der Waals surface area contributed by atoms with Gasteiger partial charge in [-0.3, -0.25) is 4.79 Å². The van der Waals surface area contributed by atoms with Crippen LogP contribution < -0.4 is 4.74 Å². The van der Waals surface area contributed by atoms with E-state index < -0.39 is 0 Å². The molecule has 6 nitrogen and oxygen atoms in total. The minimum absolute atomic E-state index is 0.0302. The van der Waals surface area contributed by atoms with Crippen LogP contribution >= 0.6 is 0 Å². The van der Waals surface area contributed by atoms with Crippen molar-refractivity contribution in [2.45, 2.75) is 122 Å². The number of rotatable bonds is 14. The second-order valence-corrected chi connectivity index (χ2v) is 13.4. The van der Waals surface area contributed by atoms with Crippen molar-refractivity contribution in [1.29, 1.82) is 0 Å². The van der Waals surface area contributed by atoms with Gasteiger partial charge in [-0.25, -0.2) is 15.0 Å². The van der Waals surface area contributed by atoms with Crippen molar-refractivity contribution in [3.63, 3.8) is 0 Å². The van der Waals surface area contributed by atoms with E-state index in [9.17, 15) is 9.90 Å². The lowest BCUT2D eigenvalue weighted by molar-refractivity contribution is -0.134. The minimum Gasteiger partial charge on any atom is -0.507 e. The quantitative estimate of drug-likeness (QED) is 0.0847. The molecule has 0 atom stereocenters. The number of aromatic hydroxyl groups is 1. The highest BCUT2D eigenvalue weighted by molar-refractivity contribution is 5.74. The monoisotopic (exact) mass is 631 g/mol. The number of carbonyl (C=O) groups excluding carboxylic acids is 1. The molecule has 0 aliphatic heterocycles. The van der Waals surface area contributed by atoms with Crippen molar-refractivity contribution in [2.24, 2.45) is 0 Å². The molecule has 47 heavy (non-hydrogen) atoms. The predicted molar refractivity (Wildman–Crippen MR) is 189 cm³/mol. The number of phenols is 1. The molecule has 0 spiro atoms. The van der Waals surface area contributed by atoms with E-state index >= 15 is 0 Å². The molecule has 3 aromatic carbocycles. The van der Waals surface area contributed by atoms with E-state index in [0.717, 1.165) is 56.1 Å². The first-order valence-corrected chi connectivity index (χ1v) is 18.1. The summed E-state index contributed by atoms with van der Waals surface area (Å²) in [5.74, 6) is 1.59. The van der Waals surface area contributed by atoms with E-state index in [4.69, 9.17) is 19.7 Å². The molecule has 0 saturated carbocycles. The van der Waals surface area contributed by atoms with Crippen LogP contribution in [0, 0.1) is 0 Å². The molecule has 1 N–H and O–H groups in total. The average molecular weight is 632 g/mol. The van der Waals surface area contributed by atoms with Crippen LogP contribution in [0.4, 0.5) is 0 Å². The number of unbranched alkanes of at least 4 members (excludes halogenated alkanes) is 8. The Hall–Kier alpha value is -4.06. The van der Waals surface area contributed by atoms with E-state index in [1.807, 2.05) is 0 Å². The number of hydrogen-bond donors (Lipinski definition) is 1. The van der Waals surface area contributed by atoms with E-state index in [0.29, 0.717) is 35.2 Å². The Bertz CT molecular complexity index is 1600. The second kappa shape index (κ2) is 16.2. The van der Waals surface area contributed by atoms with Gasteiger partial charge in [-0.2, -0.15) is 0 Å². The number of fused-ring (bicyclic) bond motifs is 2. The Labute approximate surface area is 280 Å². The van der Waals surface area contributed by atoms with Crippen LogP contribution in [0.15, 0.2) is 54.6 Å². The van der Waals surface area contributed by atoms with Gasteiger partial charge in [-0.1, -0.05) is 82.6 Å². The molecule has 0 saturated heterocycles. The molecule has 0 fully saturated rings. The zero-order valence-corrected chi connectivity index (χ0v) is 28.0. The zero-order valence-electron chi connectivity index (χ0n) is 28.0. The van der Waals surface area contributed by atoms with Crippen LogP contribution in [0.1, 0.15) is 119 Å². The minimum atomic E-state index is -0.273. The molecule has 1 aromatic heterocycles. The normalized spacial score (nSPS) is 14.0. The van der Waals surface area contributed by atoms with Gasteiger partial charge >= 0.3 is 5.97 Å². The van der Waals surface area contributed by atoms with Gasteiger partial charge in [0.2, 0.25) is 0 Å². The van der Waals surface area contributed by atoms with E-state index in [1.165, 1.54) is 92.5 Å². The lowest BCUT2D eigenvalue weighted by Crippen LogP contribution is -2.07. The largest absolute Gasteiger partial charge is 0.507 e. The molecule has 246 valence electrons. The Balaban J connectivity index is 1.19. The van der Waals surface area contributed by atoms with Crippen molar-refractivity contribution in [1.82, 2.24) is 15.0 Å². The Morgan fingerprint density at radius 2 is 1.13 bits per heavy atom. The molecule has 2 aliphatic rings. The smallest absolute Gasteiger partial charge is 0.311 e. The molecule has 4 aromatic rings. The van der Waals surface area contributed by atoms with Crippen molar-refractivity contribution in [2.75, 3.05) is 0 Å². The third-order valence-corrected chi connectivity index (χ3v) is 9.78. The second-order valence-electron chi connectivity index (χ2n) is 13.4. The number of benzene rings is 3. The zero-order chi connectivity index (χ0) is 32.4. The van der Waals surface area contributed by atoms with Gasteiger partial charge in [0.1, 0.15) is 11.5 Å². The lowest BCUT2D eigenvalue weighted by atomic mass is 9.90. The number of nitrogens with zero attached hydrogens (tertiary/aromatic N) is 3. The van der Waals surface area contributed by atoms with Crippen LogP contribution in [-0.2, 0) is 30.5 Å². The summed E-state index contributed by atoms with van der Waals surface area (Å²) in [6.07, 6.45) is 20.3. The average Bonchev–Trinajstić information content (AvgIpc) is 3.10. The number of esters is 1. The number of aromatic nitrogens is 3. The molecule has 0 amide bonds. The molecule has 1 heterocycles. The van der Waals surface area contributed by atoms with Crippen molar-refractivity contribution in [3.8, 4) is 45.7 Å². The fourth-order valence-corrected chi connectivity index (χ4v) is 7.03. The fraction of sp³-hybridized carbons (Fsp3) is 0.463. The van der Waals surface area contributed by atoms with Gasteiger partial charge in [0.15, 0.2) is 17.5 Å². The molecular formula is C41H49N3O3. The van der Waals surface area contributed by atoms with Gasteiger partial charge in [0.25, 0.3) is 0 Å². The predicted octanol–water partition coefficient (Wildman–Crippen LogP) is 10.2.